The monoisotopic (exact) mass is 222 g/mol. The molecule has 0 saturated heterocycles. The molecule has 0 atom stereocenters. The average Bonchev–Trinajstić information content (AvgIpc) is 2.70. The van der Waals surface area contributed by atoms with Gasteiger partial charge in [-0.1, -0.05) is 0 Å². The van der Waals surface area contributed by atoms with Crippen LogP contribution >= 0.6 is 0 Å². The second-order valence-electron chi connectivity index (χ2n) is 4.35. The molecule has 1 aromatic rings. The van der Waals surface area contributed by atoms with Crippen LogP contribution in [0.15, 0.2) is 11.3 Å². The van der Waals surface area contributed by atoms with Crippen molar-refractivity contribution in [3.8, 4) is 0 Å². The van der Waals surface area contributed by atoms with Crippen molar-refractivity contribution in [1.29, 1.82) is 0 Å². The van der Waals surface area contributed by atoms with Gasteiger partial charge in [-0.25, -0.2) is 0 Å². The molecular formula is C13H22N2O. The largest absolute Gasteiger partial charge is 0.498 e. The van der Waals surface area contributed by atoms with E-state index < -0.39 is 0 Å². The zero-order chi connectivity index (χ0) is 12.3. The van der Waals surface area contributed by atoms with E-state index in [1.807, 2.05) is 25.6 Å². The van der Waals surface area contributed by atoms with Gasteiger partial charge in [0.2, 0.25) is 0 Å². The quantitative estimate of drug-likeness (QED) is 0.674. The van der Waals surface area contributed by atoms with E-state index in [2.05, 4.69) is 25.9 Å². The maximum atomic E-state index is 5.14. The van der Waals surface area contributed by atoms with Gasteiger partial charge in [0.25, 0.3) is 0 Å². The number of rotatable bonds is 0. The van der Waals surface area contributed by atoms with Crippen LogP contribution in [-0.4, -0.2) is 16.4 Å². The molecule has 0 amide bonds. The molecular weight excluding hydrogens is 200 g/mol. The first-order chi connectivity index (χ1) is 7.43. The highest BCUT2D eigenvalue weighted by Gasteiger charge is 2.04. The van der Waals surface area contributed by atoms with E-state index in [1.165, 1.54) is 16.8 Å². The molecule has 3 heteroatoms. The number of aryl methyl sites for hydroxylation is 2. The van der Waals surface area contributed by atoms with Crippen LogP contribution in [0.3, 0.4) is 0 Å². The summed E-state index contributed by atoms with van der Waals surface area (Å²) in [6.45, 7) is 11.2. The number of aromatic nitrogens is 2. The van der Waals surface area contributed by atoms with E-state index in [0.717, 1.165) is 24.5 Å². The fourth-order valence-corrected chi connectivity index (χ4v) is 1.54. The molecule has 0 radical (unpaired) electrons. The normalized spacial score (nSPS) is 14.6. The van der Waals surface area contributed by atoms with Crippen molar-refractivity contribution in [3.05, 3.63) is 28.3 Å². The summed E-state index contributed by atoms with van der Waals surface area (Å²) in [7, 11) is 1.97. The van der Waals surface area contributed by atoms with E-state index in [4.69, 9.17) is 4.74 Å². The van der Waals surface area contributed by atoms with Gasteiger partial charge in [0.05, 0.1) is 18.1 Å². The first-order valence-electron chi connectivity index (χ1n) is 5.69. The molecule has 0 aromatic carbocycles. The molecule has 0 N–H and O–H groups in total. The van der Waals surface area contributed by atoms with Gasteiger partial charge in [-0.2, -0.15) is 5.10 Å². The minimum Gasteiger partial charge on any atom is -0.498 e. The van der Waals surface area contributed by atoms with E-state index >= 15 is 0 Å². The number of ether oxygens (including phenoxy) is 1. The minimum atomic E-state index is 0.900. The van der Waals surface area contributed by atoms with E-state index in [-0.39, 0.29) is 0 Å². The maximum absolute atomic E-state index is 5.14. The summed E-state index contributed by atoms with van der Waals surface area (Å²) < 4.78 is 7.05. The molecule has 3 nitrogen and oxygen atoms in total. The fourth-order valence-electron chi connectivity index (χ4n) is 1.54. The highest BCUT2D eigenvalue weighted by Crippen LogP contribution is 2.16. The van der Waals surface area contributed by atoms with Gasteiger partial charge in [0, 0.05) is 19.2 Å². The predicted molar refractivity (Wildman–Crippen MR) is 66.4 cm³/mol. The lowest BCUT2D eigenvalue weighted by Crippen LogP contribution is -1.92. The Hall–Kier alpha value is -1.25. The standard InChI is InChI=1S/C7H12N2.C6H10O/c1-5-6(2)8-9(4)7(5)3;1-5-3-4-7-6(5)2/h1-4H3;3-4H2,1-2H3. The Morgan fingerprint density at radius 2 is 1.75 bits per heavy atom. The Kier molecular flexibility index (Phi) is 4.16. The molecule has 90 valence electrons. The summed E-state index contributed by atoms with van der Waals surface area (Å²) in [6, 6.07) is 0. The molecule has 1 aliphatic rings. The number of hydrogen-bond acceptors (Lipinski definition) is 2. The van der Waals surface area contributed by atoms with Gasteiger partial charge >= 0.3 is 0 Å². The maximum Gasteiger partial charge on any atom is 0.0919 e. The molecule has 2 heterocycles. The molecule has 0 fully saturated rings. The smallest absolute Gasteiger partial charge is 0.0919 e. The van der Waals surface area contributed by atoms with Gasteiger partial charge in [-0.15, -0.1) is 0 Å². The third kappa shape index (κ3) is 2.87. The third-order valence-electron chi connectivity index (χ3n) is 3.27. The molecule has 0 saturated carbocycles. The second kappa shape index (κ2) is 5.19. The Labute approximate surface area is 98.1 Å². The number of hydrogen-bond donors (Lipinski definition) is 0. The van der Waals surface area contributed by atoms with Crippen molar-refractivity contribution in [2.24, 2.45) is 7.05 Å². The molecule has 0 spiro atoms. The van der Waals surface area contributed by atoms with Gasteiger partial charge in [0.1, 0.15) is 0 Å². The van der Waals surface area contributed by atoms with Crippen molar-refractivity contribution in [2.45, 2.75) is 41.0 Å². The molecule has 1 aromatic heterocycles. The fraction of sp³-hybridized carbons (Fsp3) is 0.615. The van der Waals surface area contributed by atoms with Crippen LogP contribution in [-0.2, 0) is 11.8 Å². The molecule has 16 heavy (non-hydrogen) atoms. The number of nitrogens with zero attached hydrogens (tertiary/aromatic N) is 2. The summed E-state index contributed by atoms with van der Waals surface area (Å²) in [6.07, 6.45) is 1.13. The van der Waals surface area contributed by atoms with Gasteiger partial charge < -0.3 is 4.74 Å². The summed E-state index contributed by atoms with van der Waals surface area (Å²) >= 11 is 0. The highest BCUT2D eigenvalue weighted by molar-refractivity contribution is 5.21. The van der Waals surface area contributed by atoms with Crippen molar-refractivity contribution in [3.63, 3.8) is 0 Å². The summed E-state index contributed by atoms with van der Waals surface area (Å²) in [5, 5.41) is 4.23. The SMILES string of the molecule is CC1=C(C)OCC1.Cc1nn(C)c(C)c1C. The third-order valence-corrected chi connectivity index (χ3v) is 3.27. The van der Waals surface area contributed by atoms with E-state index in [0.29, 0.717) is 0 Å². The van der Waals surface area contributed by atoms with Crippen LogP contribution in [0, 0.1) is 20.8 Å². The van der Waals surface area contributed by atoms with Crippen LogP contribution in [0.5, 0.6) is 0 Å². The number of allylic oxidation sites excluding steroid dienone is 1. The molecule has 0 bridgehead atoms. The predicted octanol–water partition coefficient (Wildman–Crippen LogP) is 3.05. The van der Waals surface area contributed by atoms with Gasteiger partial charge in [0.15, 0.2) is 0 Å². The molecule has 0 unspecified atom stereocenters. The lowest BCUT2D eigenvalue weighted by Gasteiger charge is -1.91. The zero-order valence-corrected chi connectivity index (χ0v) is 11.2. The Morgan fingerprint density at radius 1 is 1.12 bits per heavy atom. The Balaban J connectivity index is 0.000000165. The van der Waals surface area contributed by atoms with Crippen molar-refractivity contribution in [1.82, 2.24) is 9.78 Å². The highest BCUT2D eigenvalue weighted by atomic mass is 16.5. The Morgan fingerprint density at radius 3 is 1.88 bits per heavy atom. The Bertz CT molecular complexity index is 368. The van der Waals surface area contributed by atoms with E-state index in [1.54, 1.807) is 0 Å². The molecule has 2 rings (SSSR count). The van der Waals surface area contributed by atoms with Crippen molar-refractivity contribution >= 4 is 0 Å². The van der Waals surface area contributed by atoms with E-state index in [9.17, 15) is 0 Å². The first kappa shape index (κ1) is 12.8. The van der Waals surface area contributed by atoms with Crippen LogP contribution < -0.4 is 0 Å². The molecule has 1 aliphatic heterocycles. The zero-order valence-electron chi connectivity index (χ0n) is 11.2. The van der Waals surface area contributed by atoms with Crippen LogP contribution in [0.25, 0.3) is 0 Å². The van der Waals surface area contributed by atoms with Crippen molar-refractivity contribution < 1.29 is 4.74 Å². The summed E-state index contributed by atoms with van der Waals surface area (Å²) in [4.78, 5) is 0. The van der Waals surface area contributed by atoms with Crippen molar-refractivity contribution in [2.75, 3.05) is 6.61 Å². The minimum absolute atomic E-state index is 0.900. The van der Waals surface area contributed by atoms with Crippen LogP contribution in [0.4, 0.5) is 0 Å². The average molecular weight is 222 g/mol. The van der Waals surface area contributed by atoms with Crippen LogP contribution in [0.1, 0.15) is 37.2 Å². The van der Waals surface area contributed by atoms with Gasteiger partial charge in [-0.05, 0) is 45.8 Å². The summed E-state index contributed by atoms with van der Waals surface area (Å²) in [5.41, 5.74) is 5.10. The molecule has 0 aliphatic carbocycles. The van der Waals surface area contributed by atoms with Crippen LogP contribution in [0.2, 0.25) is 0 Å². The topological polar surface area (TPSA) is 27.1 Å². The lowest BCUT2D eigenvalue weighted by atomic mass is 10.2. The lowest BCUT2D eigenvalue weighted by molar-refractivity contribution is 0.246. The second-order valence-corrected chi connectivity index (χ2v) is 4.35. The summed E-state index contributed by atoms with van der Waals surface area (Å²) in [5.74, 6) is 1.12. The first-order valence-corrected chi connectivity index (χ1v) is 5.69. The van der Waals surface area contributed by atoms with Gasteiger partial charge in [-0.3, -0.25) is 4.68 Å².